The predicted octanol–water partition coefficient (Wildman–Crippen LogP) is 6.94. The van der Waals surface area contributed by atoms with Gasteiger partial charge >= 0.3 is 0 Å². The number of unbranched alkanes of at least 4 members (excludes halogenated alkanes) is 7. The van der Waals surface area contributed by atoms with Gasteiger partial charge in [0, 0.05) is 0 Å². The topological polar surface area (TPSA) is 26.0 Å². The van der Waals surface area contributed by atoms with Gasteiger partial charge in [-0.25, -0.2) is 0 Å². The molecule has 0 aromatic rings. The SMILES string of the molecule is CCC(C)C(CC)CCCCCCCCCN.CCCC. The Balaban J connectivity index is 0. The van der Waals surface area contributed by atoms with Crippen molar-refractivity contribution in [3.05, 3.63) is 0 Å². The largest absolute Gasteiger partial charge is 0.330 e. The molecule has 0 spiro atoms. The fourth-order valence-corrected chi connectivity index (χ4v) is 2.66. The molecule has 0 radical (unpaired) electrons. The van der Waals surface area contributed by atoms with Crippen molar-refractivity contribution in [2.75, 3.05) is 6.54 Å². The molecule has 0 amide bonds. The number of hydrogen-bond donors (Lipinski definition) is 1. The third-order valence-electron chi connectivity index (χ3n) is 4.75. The zero-order valence-corrected chi connectivity index (χ0v) is 15.9. The van der Waals surface area contributed by atoms with E-state index < -0.39 is 0 Å². The molecule has 0 fully saturated rings. The molecule has 0 aromatic heterocycles. The molecular weight excluding hydrogens is 254 g/mol. The molecule has 0 saturated heterocycles. The van der Waals surface area contributed by atoms with Gasteiger partial charge in [-0.05, 0) is 24.8 Å². The van der Waals surface area contributed by atoms with Gasteiger partial charge < -0.3 is 5.73 Å². The lowest BCUT2D eigenvalue weighted by Crippen LogP contribution is -2.09. The average molecular weight is 300 g/mol. The van der Waals surface area contributed by atoms with Crippen LogP contribution in [0.5, 0.6) is 0 Å². The maximum Gasteiger partial charge on any atom is -0.00773 e. The standard InChI is InChI=1S/C16H35N.C4H10/c1-4-15(3)16(5-2)13-11-9-7-6-8-10-12-14-17;1-3-4-2/h15-16H,4-14,17H2,1-3H3;3-4H2,1-2H3. The van der Waals surface area contributed by atoms with Gasteiger partial charge in [0.2, 0.25) is 0 Å². The van der Waals surface area contributed by atoms with Crippen molar-refractivity contribution in [3.8, 4) is 0 Å². The molecule has 2 atom stereocenters. The highest BCUT2D eigenvalue weighted by molar-refractivity contribution is 4.64. The fraction of sp³-hybridized carbons (Fsp3) is 1.00. The zero-order chi connectivity index (χ0) is 16.3. The van der Waals surface area contributed by atoms with Gasteiger partial charge in [0.05, 0.1) is 0 Å². The molecule has 1 heteroatoms. The summed E-state index contributed by atoms with van der Waals surface area (Å²) in [5.41, 5.74) is 5.48. The van der Waals surface area contributed by atoms with Gasteiger partial charge in [0.25, 0.3) is 0 Å². The van der Waals surface area contributed by atoms with Gasteiger partial charge in [-0.3, -0.25) is 0 Å². The second-order valence-electron chi connectivity index (χ2n) is 6.61. The summed E-state index contributed by atoms with van der Waals surface area (Å²) in [5.74, 6) is 1.89. The van der Waals surface area contributed by atoms with Crippen molar-refractivity contribution < 1.29 is 0 Å². The van der Waals surface area contributed by atoms with Crippen molar-refractivity contribution in [1.29, 1.82) is 0 Å². The highest BCUT2D eigenvalue weighted by Crippen LogP contribution is 2.24. The summed E-state index contributed by atoms with van der Waals surface area (Å²) < 4.78 is 0. The van der Waals surface area contributed by atoms with Gasteiger partial charge in [-0.1, -0.05) is 105 Å². The third kappa shape index (κ3) is 17.9. The number of hydrogen-bond acceptors (Lipinski definition) is 1. The number of nitrogens with two attached hydrogens (primary N) is 1. The van der Waals surface area contributed by atoms with Gasteiger partial charge in [0.15, 0.2) is 0 Å². The van der Waals surface area contributed by atoms with E-state index in [1.807, 2.05) is 0 Å². The normalized spacial score (nSPS) is 13.4. The van der Waals surface area contributed by atoms with Crippen molar-refractivity contribution >= 4 is 0 Å². The minimum absolute atomic E-state index is 0.868. The van der Waals surface area contributed by atoms with E-state index in [9.17, 15) is 0 Å². The molecule has 0 aliphatic heterocycles. The Hall–Kier alpha value is -0.0400. The molecule has 2 unspecified atom stereocenters. The van der Waals surface area contributed by atoms with Crippen LogP contribution in [-0.4, -0.2) is 6.54 Å². The molecular formula is C20H45N. The van der Waals surface area contributed by atoms with E-state index >= 15 is 0 Å². The summed E-state index contributed by atoms with van der Waals surface area (Å²) >= 11 is 0. The van der Waals surface area contributed by atoms with E-state index in [1.165, 1.54) is 77.0 Å². The smallest absolute Gasteiger partial charge is 0.00773 e. The Morgan fingerprint density at radius 1 is 0.667 bits per heavy atom. The van der Waals surface area contributed by atoms with Crippen LogP contribution in [0.25, 0.3) is 0 Å². The van der Waals surface area contributed by atoms with E-state index in [0.29, 0.717) is 0 Å². The highest BCUT2D eigenvalue weighted by atomic mass is 14.5. The lowest BCUT2D eigenvalue weighted by Gasteiger charge is -2.21. The Bertz CT molecular complexity index is 165. The van der Waals surface area contributed by atoms with Crippen LogP contribution in [0.2, 0.25) is 0 Å². The monoisotopic (exact) mass is 299 g/mol. The Morgan fingerprint density at radius 2 is 1.14 bits per heavy atom. The van der Waals surface area contributed by atoms with Crippen LogP contribution in [0, 0.1) is 11.8 Å². The van der Waals surface area contributed by atoms with Crippen molar-refractivity contribution in [3.63, 3.8) is 0 Å². The lowest BCUT2D eigenvalue weighted by atomic mass is 9.85. The van der Waals surface area contributed by atoms with Gasteiger partial charge in [-0.15, -0.1) is 0 Å². The highest BCUT2D eigenvalue weighted by Gasteiger charge is 2.12. The Labute approximate surface area is 136 Å². The molecule has 0 heterocycles. The van der Waals surface area contributed by atoms with Crippen LogP contribution < -0.4 is 5.73 Å². The maximum absolute atomic E-state index is 5.48. The van der Waals surface area contributed by atoms with E-state index in [1.54, 1.807) is 0 Å². The molecule has 0 aliphatic carbocycles. The van der Waals surface area contributed by atoms with Crippen LogP contribution in [0.15, 0.2) is 0 Å². The maximum atomic E-state index is 5.48. The number of rotatable bonds is 13. The lowest BCUT2D eigenvalue weighted by molar-refractivity contribution is 0.307. The van der Waals surface area contributed by atoms with E-state index in [2.05, 4.69) is 34.6 Å². The van der Waals surface area contributed by atoms with Crippen LogP contribution in [0.3, 0.4) is 0 Å². The molecule has 0 aliphatic rings. The second kappa shape index (κ2) is 20.0. The van der Waals surface area contributed by atoms with E-state index in [0.717, 1.165) is 18.4 Å². The first-order chi connectivity index (χ1) is 10.2. The molecule has 130 valence electrons. The summed E-state index contributed by atoms with van der Waals surface area (Å²) in [4.78, 5) is 0. The molecule has 0 aromatic carbocycles. The fourth-order valence-electron chi connectivity index (χ4n) is 2.66. The minimum atomic E-state index is 0.868. The summed E-state index contributed by atoms with van der Waals surface area (Å²) in [5, 5.41) is 0. The van der Waals surface area contributed by atoms with Crippen molar-refractivity contribution in [1.82, 2.24) is 0 Å². The summed E-state index contributed by atoms with van der Waals surface area (Å²) in [6, 6.07) is 0. The first-order valence-corrected chi connectivity index (χ1v) is 9.87. The molecule has 0 rings (SSSR count). The molecule has 2 N–H and O–H groups in total. The van der Waals surface area contributed by atoms with Crippen LogP contribution >= 0.6 is 0 Å². The van der Waals surface area contributed by atoms with Crippen LogP contribution in [0.1, 0.15) is 112 Å². The first kappa shape index (κ1) is 23.2. The molecule has 21 heavy (non-hydrogen) atoms. The third-order valence-corrected chi connectivity index (χ3v) is 4.75. The van der Waals surface area contributed by atoms with Gasteiger partial charge in [-0.2, -0.15) is 0 Å². The Kier molecular flexibility index (Phi) is 22.1. The van der Waals surface area contributed by atoms with Crippen LogP contribution in [-0.2, 0) is 0 Å². The summed E-state index contributed by atoms with van der Waals surface area (Å²) in [7, 11) is 0. The average Bonchev–Trinajstić information content (AvgIpc) is 2.53. The van der Waals surface area contributed by atoms with Crippen molar-refractivity contribution in [2.45, 2.75) is 112 Å². The summed E-state index contributed by atoms with van der Waals surface area (Å²) in [6.07, 6.45) is 16.5. The zero-order valence-electron chi connectivity index (χ0n) is 15.9. The summed E-state index contributed by atoms with van der Waals surface area (Å²) in [6.45, 7) is 12.3. The van der Waals surface area contributed by atoms with Crippen molar-refractivity contribution in [2.24, 2.45) is 17.6 Å². The molecule has 0 saturated carbocycles. The predicted molar refractivity (Wildman–Crippen MR) is 99.8 cm³/mol. The minimum Gasteiger partial charge on any atom is -0.330 e. The van der Waals surface area contributed by atoms with Crippen LogP contribution in [0.4, 0.5) is 0 Å². The van der Waals surface area contributed by atoms with E-state index in [-0.39, 0.29) is 0 Å². The van der Waals surface area contributed by atoms with Gasteiger partial charge in [0.1, 0.15) is 0 Å². The molecule has 1 nitrogen and oxygen atoms in total. The van der Waals surface area contributed by atoms with E-state index in [4.69, 9.17) is 5.73 Å². The molecule has 0 bridgehead atoms. The quantitative estimate of drug-likeness (QED) is 0.366. The first-order valence-electron chi connectivity index (χ1n) is 9.87. The second-order valence-corrected chi connectivity index (χ2v) is 6.61. The Morgan fingerprint density at radius 3 is 1.52 bits per heavy atom.